The third kappa shape index (κ3) is 7.99. The van der Waals surface area contributed by atoms with E-state index in [4.69, 9.17) is 16.3 Å². The lowest BCUT2D eigenvalue weighted by atomic mass is 10.1. The highest BCUT2D eigenvalue weighted by atomic mass is 35.5. The summed E-state index contributed by atoms with van der Waals surface area (Å²) < 4.78 is 34.1. The number of hydrogen-bond donors (Lipinski definition) is 1. The van der Waals surface area contributed by atoms with Crippen molar-refractivity contribution < 1.29 is 22.7 Å². The van der Waals surface area contributed by atoms with Gasteiger partial charge < -0.3 is 15.0 Å². The van der Waals surface area contributed by atoms with Gasteiger partial charge in [0, 0.05) is 17.1 Å². The summed E-state index contributed by atoms with van der Waals surface area (Å²) in [7, 11) is -2.61. The van der Waals surface area contributed by atoms with Crippen LogP contribution in [0.5, 0.6) is 5.75 Å². The smallest absolute Gasteiger partial charge is 0.264 e. The van der Waals surface area contributed by atoms with Crippen LogP contribution in [0.4, 0.5) is 5.69 Å². The number of hydrogen-bond acceptors (Lipinski definition) is 5. The number of sulfonamides is 1. The van der Waals surface area contributed by atoms with Gasteiger partial charge in [0.25, 0.3) is 10.0 Å². The van der Waals surface area contributed by atoms with E-state index in [-0.39, 0.29) is 23.0 Å². The molecule has 0 radical (unpaired) electrons. The fourth-order valence-corrected chi connectivity index (χ4v) is 5.54. The Bertz CT molecular complexity index is 1440. The molecule has 0 aromatic heterocycles. The molecule has 0 aliphatic heterocycles. The number of nitrogens with zero attached hydrogens (tertiary/aromatic N) is 2. The Morgan fingerprint density at radius 1 is 1.00 bits per heavy atom. The predicted molar refractivity (Wildman–Crippen MR) is 158 cm³/mol. The summed E-state index contributed by atoms with van der Waals surface area (Å²) in [6.07, 6.45) is 0. The fourth-order valence-electron chi connectivity index (χ4n) is 4.00. The average molecular weight is 586 g/mol. The van der Waals surface area contributed by atoms with E-state index in [1.165, 1.54) is 17.0 Å². The Labute approximate surface area is 241 Å². The Balaban J connectivity index is 2.04. The number of halogens is 1. The molecule has 3 aromatic carbocycles. The van der Waals surface area contributed by atoms with E-state index < -0.39 is 34.1 Å². The van der Waals surface area contributed by atoms with Crippen molar-refractivity contribution in [3.8, 4) is 5.75 Å². The lowest BCUT2D eigenvalue weighted by Gasteiger charge is -2.33. The van der Waals surface area contributed by atoms with Crippen molar-refractivity contribution >= 4 is 39.1 Å². The Morgan fingerprint density at radius 2 is 1.62 bits per heavy atom. The van der Waals surface area contributed by atoms with E-state index in [1.807, 2.05) is 33.8 Å². The fraction of sp³-hybridized carbons (Fsp3) is 0.333. The second-order valence-electron chi connectivity index (χ2n) is 10.6. The second-order valence-corrected chi connectivity index (χ2v) is 12.9. The number of amides is 2. The number of benzene rings is 3. The summed E-state index contributed by atoms with van der Waals surface area (Å²) in [5, 5.41) is 3.34. The molecule has 1 atom stereocenters. The van der Waals surface area contributed by atoms with Crippen LogP contribution in [0.25, 0.3) is 0 Å². The quantitative estimate of drug-likeness (QED) is 0.353. The molecular weight excluding hydrogens is 550 g/mol. The Hall–Kier alpha value is -3.56. The largest absolute Gasteiger partial charge is 0.497 e. The first-order valence-corrected chi connectivity index (χ1v) is 14.6. The molecule has 10 heteroatoms. The lowest BCUT2D eigenvalue weighted by molar-refractivity contribution is -0.140. The van der Waals surface area contributed by atoms with Crippen LogP contribution in [-0.2, 0) is 26.2 Å². The number of aryl methyl sites for hydroxylation is 1. The number of carbonyl (C=O) groups excluding carboxylic acids is 2. The number of anilines is 1. The second kappa shape index (κ2) is 12.7. The number of methoxy groups -OCH3 is 1. The van der Waals surface area contributed by atoms with Gasteiger partial charge in [0.1, 0.15) is 18.3 Å². The van der Waals surface area contributed by atoms with Crippen molar-refractivity contribution in [1.82, 2.24) is 10.2 Å². The first kappa shape index (κ1) is 31.0. The first-order chi connectivity index (χ1) is 18.7. The van der Waals surface area contributed by atoms with E-state index >= 15 is 0 Å². The molecule has 2 amide bonds. The van der Waals surface area contributed by atoms with Crippen LogP contribution in [0.1, 0.15) is 38.8 Å². The molecule has 0 spiro atoms. The molecule has 3 aromatic rings. The highest BCUT2D eigenvalue weighted by Crippen LogP contribution is 2.26. The van der Waals surface area contributed by atoms with Crippen LogP contribution >= 0.6 is 11.6 Å². The monoisotopic (exact) mass is 585 g/mol. The van der Waals surface area contributed by atoms with Gasteiger partial charge in [-0.3, -0.25) is 13.9 Å². The summed E-state index contributed by atoms with van der Waals surface area (Å²) in [6, 6.07) is 18.9. The van der Waals surface area contributed by atoms with Gasteiger partial charge in [0.2, 0.25) is 11.8 Å². The summed E-state index contributed by atoms with van der Waals surface area (Å²) >= 11 is 6.07. The van der Waals surface area contributed by atoms with Crippen molar-refractivity contribution in [1.29, 1.82) is 0 Å². The summed E-state index contributed by atoms with van der Waals surface area (Å²) in [6.45, 7) is 8.56. The number of ether oxygens (including phenoxy) is 1. The number of nitrogens with one attached hydrogen (secondary N) is 1. The van der Waals surface area contributed by atoms with Crippen molar-refractivity contribution in [3.63, 3.8) is 0 Å². The van der Waals surface area contributed by atoms with Crippen LogP contribution in [0, 0.1) is 6.92 Å². The maximum atomic E-state index is 14.0. The van der Waals surface area contributed by atoms with E-state index in [2.05, 4.69) is 5.32 Å². The van der Waals surface area contributed by atoms with Gasteiger partial charge in [0.05, 0.1) is 17.7 Å². The van der Waals surface area contributed by atoms with Crippen molar-refractivity contribution in [2.24, 2.45) is 0 Å². The third-order valence-electron chi connectivity index (χ3n) is 6.16. The standard InChI is InChI=1S/C30H36ClN3O5S/c1-21-10-16-27(17-11-21)40(37,38)34(25-14-12-24(31)13-15-25)20-28(35)33(22(2)29(36)32-30(3,4)5)19-23-8-7-9-26(18-23)39-6/h7-18,22H,19-20H2,1-6H3,(H,32,36). The van der Waals surface area contributed by atoms with Crippen molar-refractivity contribution in [2.75, 3.05) is 18.0 Å². The molecule has 1 N–H and O–H groups in total. The third-order valence-corrected chi connectivity index (χ3v) is 8.20. The van der Waals surface area contributed by atoms with Gasteiger partial charge in [-0.25, -0.2) is 8.42 Å². The van der Waals surface area contributed by atoms with Gasteiger partial charge in [-0.05, 0) is 88.7 Å². The van der Waals surface area contributed by atoms with Crippen LogP contribution in [0.2, 0.25) is 5.02 Å². The van der Waals surface area contributed by atoms with Crippen LogP contribution < -0.4 is 14.4 Å². The zero-order valence-corrected chi connectivity index (χ0v) is 25.2. The van der Waals surface area contributed by atoms with Gasteiger partial charge >= 0.3 is 0 Å². The first-order valence-electron chi connectivity index (χ1n) is 12.8. The summed E-state index contributed by atoms with van der Waals surface area (Å²) in [5.41, 5.74) is 1.37. The summed E-state index contributed by atoms with van der Waals surface area (Å²) in [5.74, 6) is -0.311. The van der Waals surface area contributed by atoms with E-state index in [9.17, 15) is 18.0 Å². The predicted octanol–water partition coefficient (Wildman–Crippen LogP) is 5.18. The lowest BCUT2D eigenvalue weighted by Crippen LogP contribution is -2.54. The van der Waals surface area contributed by atoms with Crippen LogP contribution in [0.15, 0.2) is 77.7 Å². The van der Waals surface area contributed by atoms with E-state index in [0.29, 0.717) is 10.8 Å². The minimum atomic E-state index is -4.15. The zero-order chi connectivity index (χ0) is 29.7. The van der Waals surface area contributed by atoms with Crippen molar-refractivity contribution in [3.05, 3.63) is 88.9 Å². The Kier molecular flexibility index (Phi) is 9.87. The molecule has 1 unspecified atom stereocenters. The highest BCUT2D eigenvalue weighted by Gasteiger charge is 2.33. The van der Waals surface area contributed by atoms with Gasteiger partial charge in [-0.1, -0.05) is 41.4 Å². The summed E-state index contributed by atoms with van der Waals surface area (Å²) in [4.78, 5) is 28.6. The van der Waals surface area contributed by atoms with Gasteiger partial charge in [0.15, 0.2) is 0 Å². The molecule has 214 valence electrons. The molecule has 0 aliphatic rings. The van der Waals surface area contributed by atoms with Crippen LogP contribution in [0.3, 0.4) is 0 Å². The SMILES string of the molecule is COc1cccc(CN(C(=O)CN(c2ccc(Cl)cc2)S(=O)(=O)c2ccc(C)cc2)C(C)C(=O)NC(C)(C)C)c1. The Morgan fingerprint density at radius 3 is 2.20 bits per heavy atom. The number of rotatable bonds is 10. The molecule has 0 bridgehead atoms. The average Bonchev–Trinajstić information content (AvgIpc) is 2.89. The minimum absolute atomic E-state index is 0.0405. The molecular formula is C30H36ClN3O5S. The molecule has 8 nitrogen and oxygen atoms in total. The maximum absolute atomic E-state index is 14.0. The molecule has 0 saturated carbocycles. The molecule has 0 aliphatic carbocycles. The van der Waals surface area contributed by atoms with Crippen LogP contribution in [-0.4, -0.2) is 50.4 Å². The minimum Gasteiger partial charge on any atom is -0.497 e. The van der Waals surface area contributed by atoms with Crippen molar-refractivity contribution in [2.45, 2.75) is 57.6 Å². The molecule has 0 fully saturated rings. The van der Waals surface area contributed by atoms with Gasteiger partial charge in [-0.15, -0.1) is 0 Å². The molecule has 0 saturated heterocycles. The molecule has 40 heavy (non-hydrogen) atoms. The van der Waals surface area contributed by atoms with E-state index in [1.54, 1.807) is 68.6 Å². The van der Waals surface area contributed by atoms with Gasteiger partial charge in [-0.2, -0.15) is 0 Å². The maximum Gasteiger partial charge on any atom is 0.264 e. The zero-order valence-electron chi connectivity index (χ0n) is 23.6. The normalized spacial score (nSPS) is 12.4. The highest BCUT2D eigenvalue weighted by molar-refractivity contribution is 7.92. The molecule has 0 heterocycles. The number of carbonyl (C=O) groups is 2. The topological polar surface area (TPSA) is 96.0 Å². The molecule has 3 rings (SSSR count). The van der Waals surface area contributed by atoms with E-state index in [0.717, 1.165) is 15.4 Å².